The van der Waals surface area contributed by atoms with Gasteiger partial charge in [-0.2, -0.15) is 0 Å². The zero-order chi connectivity index (χ0) is 14.3. The molecule has 0 unspecified atom stereocenters. The Bertz CT molecular complexity index is 804. The van der Waals surface area contributed by atoms with Gasteiger partial charge in [0, 0.05) is 10.9 Å². The standard InChI is InChI=1S/C16H13NO3/c1-9-5-10(2)15-12(6-9)13(16(18)19)7-14(17-15)11-3-4-20-8-11/h3-8H,1-2H3,(H,18,19). The minimum Gasteiger partial charge on any atom is -0.478 e. The molecule has 0 radical (unpaired) electrons. The van der Waals surface area contributed by atoms with Gasteiger partial charge in [0.05, 0.1) is 29.3 Å². The number of fused-ring (bicyclic) bond motifs is 1. The van der Waals surface area contributed by atoms with Crippen LogP contribution in [0.5, 0.6) is 0 Å². The van der Waals surface area contributed by atoms with Crippen molar-refractivity contribution in [1.29, 1.82) is 0 Å². The van der Waals surface area contributed by atoms with Crippen LogP contribution in [-0.2, 0) is 0 Å². The molecule has 3 rings (SSSR count). The van der Waals surface area contributed by atoms with Gasteiger partial charge < -0.3 is 9.52 Å². The monoisotopic (exact) mass is 267 g/mol. The van der Waals surface area contributed by atoms with E-state index in [-0.39, 0.29) is 5.56 Å². The van der Waals surface area contributed by atoms with Gasteiger partial charge in [0.2, 0.25) is 0 Å². The Balaban J connectivity index is 2.40. The second-order valence-electron chi connectivity index (χ2n) is 4.85. The first-order valence-electron chi connectivity index (χ1n) is 6.24. The quantitative estimate of drug-likeness (QED) is 0.766. The van der Waals surface area contributed by atoms with E-state index in [0.29, 0.717) is 16.6 Å². The van der Waals surface area contributed by atoms with Crippen LogP contribution in [0.25, 0.3) is 22.2 Å². The lowest BCUT2D eigenvalue weighted by Crippen LogP contribution is -2.01. The first-order valence-corrected chi connectivity index (χ1v) is 6.24. The number of carbonyl (C=O) groups is 1. The van der Waals surface area contributed by atoms with Crippen LogP contribution in [-0.4, -0.2) is 16.1 Å². The fourth-order valence-corrected chi connectivity index (χ4v) is 2.42. The highest BCUT2D eigenvalue weighted by molar-refractivity contribution is 6.04. The summed E-state index contributed by atoms with van der Waals surface area (Å²) in [6, 6.07) is 7.22. The molecule has 0 aliphatic carbocycles. The molecule has 0 spiro atoms. The predicted molar refractivity (Wildman–Crippen MR) is 75.9 cm³/mol. The molecule has 4 nitrogen and oxygen atoms in total. The van der Waals surface area contributed by atoms with Crippen molar-refractivity contribution in [3.05, 3.63) is 53.5 Å². The smallest absolute Gasteiger partial charge is 0.336 e. The Kier molecular flexibility index (Phi) is 2.79. The van der Waals surface area contributed by atoms with Crippen LogP contribution in [0.4, 0.5) is 0 Å². The van der Waals surface area contributed by atoms with E-state index in [1.54, 1.807) is 24.7 Å². The molecule has 20 heavy (non-hydrogen) atoms. The summed E-state index contributed by atoms with van der Waals surface area (Å²) in [5.74, 6) is -0.952. The lowest BCUT2D eigenvalue weighted by molar-refractivity contribution is 0.0699. The third-order valence-electron chi connectivity index (χ3n) is 3.30. The lowest BCUT2D eigenvalue weighted by Gasteiger charge is -2.09. The second kappa shape index (κ2) is 4.49. The maximum Gasteiger partial charge on any atom is 0.336 e. The van der Waals surface area contributed by atoms with E-state index < -0.39 is 5.97 Å². The third kappa shape index (κ3) is 1.95. The molecule has 2 heterocycles. The maximum absolute atomic E-state index is 11.5. The Labute approximate surface area is 115 Å². The van der Waals surface area contributed by atoms with Crippen LogP contribution in [0.3, 0.4) is 0 Å². The number of aromatic carboxylic acids is 1. The number of hydrogen-bond acceptors (Lipinski definition) is 3. The molecule has 4 heteroatoms. The van der Waals surface area contributed by atoms with Crippen LogP contribution in [0, 0.1) is 13.8 Å². The van der Waals surface area contributed by atoms with Gasteiger partial charge in [0.25, 0.3) is 0 Å². The van der Waals surface area contributed by atoms with Gasteiger partial charge in [-0.05, 0) is 37.6 Å². The van der Waals surface area contributed by atoms with Gasteiger partial charge in [0.1, 0.15) is 0 Å². The number of aromatic nitrogens is 1. The van der Waals surface area contributed by atoms with E-state index in [9.17, 15) is 9.90 Å². The zero-order valence-electron chi connectivity index (χ0n) is 11.2. The first kappa shape index (κ1) is 12.4. The summed E-state index contributed by atoms with van der Waals surface area (Å²) in [4.78, 5) is 16.1. The number of hydrogen-bond donors (Lipinski definition) is 1. The SMILES string of the molecule is Cc1cc(C)c2nc(-c3ccoc3)cc(C(=O)O)c2c1. The highest BCUT2D eigenvalue weighted by Crippen LogP contribution is 2.28. The van der Waals surface area contributed by atoms with Crippen molar-refractivity contribution in [1.82, 2.24) is 4.98 Å². The Hall–Kier alpha value is -2.62. The van der Waals surface area contributed by atoms with E-state index in [4.69, 9.17) is 4.42 Å². The molecule has 1 aromatic carbocycles. The molecule has 0 bridgehead atoms. The van der Waals surface area contributed by atoms with Crippen molar-refractivity contribution in [2.75, 3.05) is 0 Å². The summed E-state index contributed by atoms with van der Waals surface area (Å²) < 4.78 is 5.04. The lowest BCUT2D eigenvalue weighted by atomic mass is 10.0. The fourth-order valence-electron chi connectivity index (χ4n) is 2.42. The molecule has 100 valence electrons. The number of nitrogens with zero attached hydrogens (tertiary/aromatic N) is 1. The summed E-state index contributed by atoms with van der Waals surface area (Å²) in [7, 11) is 0. The highest BCUT2D eigenvalue weighted by atomic mass is 16.4. The number of aryl methyl sites for hydroxylation is 2. The minimum absolute atomic E-state index is 0.262. The fraction of sp³-hybridized carbons (Fsp3) is 0.125. The number of carboxylic acid groups (broad SMARTS) is 1. The van der Waals surface area contributed by atoms with Crippen molar-refractivity contribution in [3.8, 4) is 11.3 Å². The van der Waals surface area contributed by atoms with E-state index in [2.05, 4.69) is 4.98 Å². The van der Waals surface area contributed by atoms with E-state index in [0.717, 1.165) is 16.7 Å². The van der Waals surface area contributed by atoms with Crippen LogP contribution >= 0.6 is 0 Å². The second-order valence-corrected chi connectivity index (χ2v) is 4.85. The van der Waals surface area contributed by atoms with E-state index in [1.165, 1.54) is 0 Å². The average molecular weight is 267 g/mol. The van der Waals surface area contributed by atoms with Crippen molar-refractivity contribution in [2.45, 2.75) is 13.8 Å². The topological polar surface area (TPSA) is 63.3 Å². The van der Waals surface area contributed by atoms with E-state index in [1.807, 2.05) is 26.0 Å². The van der Waals surface area contributed by atoms with Gasteiger partial charge in [-0.3, -0.25) is 0 Å². The first-order chi connectivity index (χ1) is 9.56. The van der Waals surface area contributed by atoms with Gasteiger partial charge >= 0.3 is 5.97 Å². The summed E-state index contributed by atoms with van der Waals surface area (Å²) in [5.41, 5.74) is 4.35. The molecule has 0 atom stereocenters. The Morgan fingerprint density at radius 2 is 2.05 bits per heavy atom. The summed E-state index contributed by atoms with van der Waals surface area (Å²) in [5, 5.41) is 10.1. The average Bonchev–Trinajstić information content (AvgIpc) is 2.91. The summed E-state index contributed by atoms with van der Waals surface area (Å²) >= 11 is 0. The number of rotatable bonds is 2. The maximum atomic E-state index is 11.5. The molecular formula is C16H13NO3. The van der Waals surface area contributed by atoms with E-state index >= 15 is 0 Å². The molecule has 0 fully saturated rings. The number of pyridine rings is 1. The molecule has 3 aromatic rings. The highest BCUT2D eigenvalue weighted by Gasteiger charge is 2.15. The van der Waals surface area contributed by atoms with Gasteiger partial charge in [0.15, 0.2) is 0 Å². The normalized spacial score (nSPS) is 10.9. The molecular weight excluding hydrogens is 254 g/mol. The largest absolute Gasteiger partial charge is 0.478 e. The Morgan fingerprint density at radius 3 is 2.70 bits per heavy atom. The van der Waals surface area contributed by atoms with Crippen LogP contribution < -0.4 is 0 Å². The molecule has 0 aliphatic rings. The molecule has 2 aromatic heterocycles. The number of carboxylic acids is 1. The van der Waals surface area contributed by atoms with Crippen molar-refractivity contribution < 1.29 is 14.3 Å². The minimum atomic E-state index is -0.952. The number of benzene rings is 1. The van der Waals surface area contributed by atoms with Crippen LogP contribution in [0.15, 0.2) is 41.2 Å². The van der Waals surface area contributed by atoms with Crippen LogP contribution in [0.1, 0.15) is 21.5 Å². The predicted octanol–water partition coefficient (Wildman–Crippen LogP) is 3.81. The van der Waals surface area contributed by atoms with Crippen molar-refractivity contribution in [3.63, 3.8) is 0 Å². The van der Waals surface area contributed by atoms with Crippen molar-refractivity contribution >= 4 is 16.9 Å². The van der Waals surface area contributed by atoms with Crippen molar-refractivity contribution in [2.24, 2.45) is 0 Å². The summed E-state index contributed by atoms with van der Waals surface area (Å²) in [6.07, 6.45) is 3.10. The molecule has 0 saturated heterocycles. The molecule has 0 aliphatic heterocycles. The van der Waals surface area contributed by atoms with Gasteiger partial charge in [-0.15, -0.1) is 0 Å². The van der Waals surface area contributed by atoms with Crippen LogP contribution in [0.2, 0.25) is 0 Å². The summed E-state index contributed by atoms with van der Waals surface area (Å²) in [6.45, 7) is 3.88. The third-order valence-corrected chi connectivity index (χ3v) is 3.30. The number of furan rings is 1. The van der Waals surface area contributed by atoms with Gasteiger partial charge in [-0.25, -0.2) is 9.78 Å². The molecule has 1 N–H and O–H groups in total. The Morgan fingerprint density at radius 1 is 1.25 bits per heavy atom. The molecule has 0 saturated carbocycles. The zero-order valence-corrected chi connectivity index (χ0v) is 11.2. The molecule has 0 amide bonds. The van der Waals surface area contributed by atoms with Gasteiger partial charge in [-0.1, -0.05) is 11.6 Å².